The van der Waals surface area contributed by atoms with Crippen LogP contribution in [-0.2, 0) is 15.6 Å². The van der Waals surface area contributed by atoms with E-state index in [-0.39, 0.29) is 23.0 Å². The third-order valence-corrected chi connectivity index (χ3v) is 6.33. The lowest BCUT2D eigenvalue weighted by atomic mass is 9.95. The van der Waals surface area contributed by atoms with Crippen molar-refractivity contribution < 1.29 is 9.00 Å². The third-order valence-electron chi connectivity index (χ3n) is 4.71. The van der Waals surface area contributed by atoms with Crippen LogP contribution in [0.15, 0.2) is 60.7 Å². The first-order valence-corrected chi connectivity index (χ1v) is 10.4. The molecule has 1 N–H and O–H groups in total. The van der Waals surface area contributed by atoms with Gasteiger partial charge in [-0.2, -0.15) is 0 Å². The number of hydrogen-bond acceptors (Lipinski definition) is 2. The fourth-order valence-corrected chi connectivity index (χ4v) is 4.91. The van der Waals surface area contributed by atoms with Gasteiger partial charge in [0.2, 0.25) is 5.91 Å². The van der Waals surface area contributed by atoms with Crippen LogP contribution in [0.3, 0.4) is 0 Å². The van der Waals surface area contributed by atoms with Crippen molar-refractivity contribution in [3.63, 3.8) is 0 Å². The number of benzene rings is 2. The van der Waals surface area contributed by atoms with E-state index in [4.69, 9.17) is 0 Å². The summed E-state index contributed by atoms with van der Waals surface area (Å²) < 4.78 is 13.0. The van der Waals surface area contributed by atoms with Crippen LogP contribution < -0.4 is 5.32 Å². The Kier molecular flexibility index (Phi) is 6.40. The van der Waals surface area contributed by atoms with Gasteiger partial charge in [0.05, 0.1) is 5.25 Å². The zero-order valence-corrected chi connectivity index (χ0v) is 15.2. The summed E-state index contributed by atoms with van der Waals surface area (Å²) in [5.41, 5.74) is 1.97. The molecule has 25 heavy (non-hydrogen) atoms. The summed E-state index contributed by atoms with van der Waals surface area (Å²) in [4.78, 5) is 12.4. The molecule has 2 aromatic rings. The molecule has 1 aliphatic rings. The van der Waals surface area contributed by atoms with Crippen LogP contribution in [0, 0.1) is 0 Å². The zero-order valence-electron chi connectivity index (χ0n) is 14.4. The standard InChI is InChI=1S/C21H25NO2S/c23-20(22-19-14-8-3-9-15-19)16-25(24)21(17-10-4-1-5-11-17)18-12-6-2-7-13-18/h1-2,4-7,10-13,19,21H,3,8-9,14-16H2,(H,22,23). The Morgan fingerprint density at radius 3 is 1.96 bits per heavy atom. The van der Waals surface area contributed by atoms with Crippen LogP contribution in [0.1, 0.15) is 48.5 Å². The molecule has 0 radical (unpaired) electrons. The highest BCUT2D eigenvalue weighted by molar-refractivity contribution is 7.86. The van der Waals surface area contributed by atoms with E-state index in [1.807, 2.05) is 60.7 Å². The van der Waals surface area contributed by atoms with Crippen LogP contribution >= 0.6 is 0 Å². The van der Waals surface area contributed by atoms with Crippen LogP contribution in [0.25, 0.3) is 0 Å². The second-order valence-electron chi connectivity index (χ2n) is 6.63. The topological polar surface area (TPSA) is 46.2 Å². The maximum Gasteiger partial charge on any atom is 0.232 e. The van der Waals surface area contributed by atoms with Crippen molar-refractivity contribution >= 4 is 16.7 Å². The Labute approximate surface area is 152 Å². The minimum absolute atomic E-state index is 0.0466. The Morgan fingerprint density at radius 1 is 0.920 bits per heavy atom. The van der Waals surface area contributed by atoms with Gasteiger partial charge in [-0.05, 0) is 24.0 Å². The van der Waals surface area contributed by atoms with Crippen LogP contribution in [0.2, 0.25) is 0 Å². The van der Waals surface area contributed by atoms with Gasteiger partial charge >= 0.3 is 0 Å². The van der Waals surface area contributed by atoms with Crippen molar-refractivity contribution in [2.75, 3.05) is 5.75 Å². The monoisotopic (exact) mass is 355 g/mol. The van der Waals surface area contributed by atoms with Gasteiger partial charge in [-0.15, -0.1) is 0 Å². The van der Waals surface area contributed by atoms with Gasteiger partial charge in [0, 0.05) is 16.8 Å². The molecular weight excluding hydrogens is 330 g/mol. The molecule has 0 saturated heterocycles. The van der Waals surface area contributed by atoms with E-state index in [2.05, 4.69) is 5.32 Å². The van der Waals surface area contributed by atoms with Gasteiger partial charge in [-0.3, -0.25) is 9.00 Å². The summed E-state index contributed by atoms with van der Waals surface area (Å²) >= 11 is 0. The van der Waals surface area contributed by atoms with Gasteiger partial charge in [0.1, 0.15) is 5.75 Å². The Morgan fingerprint density at radius 2 is 1.44 bits per heavy atom. The normalized spacial score (nSPS) is 16.5. The Balaban J connectivity index is 1.72. The molecule has 1 saturated carbocycles. The van der Waals surface area contributed by atoms with Gasteiger partial charge in [-0.25, -0.2) is 0 Å². The second-order valence-corrected chi connectivity index (χ2v) is 8.15. The van der Waals surface area contributed by atoms with E-state index in [9.17, 15) is 9.00 Å². The molecule has 0 aliphatic heterocycles. The summed E-state index contributed by atoms with van der Waals surface area (Å²) in [5.74, 6) is -0.0487. The maximum atomic E-state index is 13.0. The van der Waals surface area contributed by atoms with Crippen molar-refractivity contribution in [1.82, 2.24) is 5.32 Å². The molecule has 1 amide bonds. The fraction of sp³-hybridized carbons (Fsp3) is 0.381. The minimum Gasteiger partial charge on any atom is -0.353 e. The molecule has 1 atom stereocenters. The van der Waals surface area contributed by atoms with Gasteiger partial charge < -0.3 is 5.32 Å². The van der Waals surface area contributed by atoms with Crippen molar-refractivity contribution in [3.8, 4) is 0 Å². The quantitative estimate of drug-likeness (QED) is 0.852. The molecule has 4 heteroatoms. The SMILES string of the molecule is O=C(CS(=O)C(c1ccccc1)c1ccccc1)NC1CCCCC1. The molecule has 0 heterocycles. The van der Waals surface area contributed by atoms with Crippen molar-refractivity contribution in [2.24, 2.45) is 0 Å². The summed E-state index contributed by atoms with van der Waals surface area (Å²) in [7, 11) is -1.31. The highest BCUT2D eigenvalue weighted by Crippen LogP contribution is 2.28. The lowest BCUT2D eigenvalue weighted by Gasteiger charge is -2.23. The Hall–Kier alpha value is -1.94. The Bertz CT molecular complexity index is 657. The first kappa shape index (κ1) is 17.9. The van der Waals surface area contributed by atoms with Crippen molar-refractivity contribution in [3.05, 3.63) is 71.8 Å². The predicted molar refractivity (Wildman–Crippen MR) is 103 cm³/mol. The van der Waals surface area contributed by atoms with Crippen molar-refractivity contribution in [1.29, 1.82) is 0 Å². The summed E-state index contributed by atoms with van der Waals surface area (Å²) in [6.07, 6.45) is 5.68. The molecule has 1 fully saturated rings. The average molecular weight is 356 g/mol. The van der Waals surface area contributed by atoms with E-state index in [0.717, 1.165) is 24.0 Å². The van der Waals surface area contributed by atoms with Crippen LogP contribution in [0.5, 0.6) is 0 Å². The van der Waals surface area contributed by atoms with E-state index in [1.165, 1.54) is 19.3 Å². The van der Waals surface area contributed by atoms with Crippen LogP contribution in [-0.4, -0.2) is 21.9 Å². The highest BCUT2D eigenvalue weighted by Gasteiger charge is 2.24. The van der Waals surface area contributed by atoms with E-state index < -0.39 is 10.8 Å². The lowest BCUT2D eigenvalue weighted by molar-refractivity contribution is -0.119. The minimum atomic E-state index is -1.31. The molecule has 1 aliphatic carbocycles. The molecular formula is C21H25NO2S. The summed E-state index contributed by atoms with van der Waals surface area (Å²) in [6.45, 7) is 0. The number of nitrogens with one attached hydrogen (secondary N) is 1. The predicted octanol–water partition coefficient (Wildman–Crippen LogP) is 3.97. The van der Waals surface area contributed by atoms with Gasteiger partial charge in [-0.1, -0.05) is 79.9 Å². The summed E-state index contributed by atoms with van der Waals surface area (Å²) in [6, 6.07) is 19.9. The smallest absolute Gasteiger partial charge is 0.232 e. The number of amides is 1. The molecule has 3 nitrogen and oxygen atoms in total. The van der Waals surface area contributed by atoms with Gasteiger partial charge in [0.25, 0.3) is 0 Å². The lowest BCUT2D eigenvalue weighted by Crippen LogP contribution is -2.39. The summed E-state index contributed by atoms with van der Waals surface area (Å²) in [5, 5.41) is 2.80. The van der Waals surface area contributed by atoms with E-state index in [0.29, 0.717) is 0 Å². The largest absolute Gasteiger partial charge is 0.353 e. The molecule has 0 aromatic heterocycles. The van der Waals surface area contributed by atoms with Crippen molar-refractivity contribution in [2.45, 2.75) is 43.4 Å². The molecule has 2 aromatic carbocycles. The molecule has 0 bridgehead atoms. The number of hydrogen-bond donors (Lipinski definition) is 1. The molecule has 0 spiro atoms. The average Bonchev–Trinajstić information content (AvgIpc) is 2.64. The highest BCUT2D eigenvalue weighted by atomic mass is 32.2. The van der Waals surface area contributed by atoms with Gasteiger partial charge in [0.15, 0.2) is 0 Å². The molecule has 132 valence electrons. The van der Waals surface area contributed by atoms with Crippen LogP contribution in [0.4, 0.5) is 0 Å². The maximum absolute atomic E-state index is 13.0. The fourth-order valence-electron chi connectivity index (χ4n) is 3.48. The number of carbonyl (C=O) groups excluding carboxylic acids is 1. The first-order chi connectivity index (χ1) is 12.2. The molecule has 1 unspecified atom stereocenters. The molecule has 3 rings (SSSR count). The zero-order chi connectivity index (χ0) is 17.5. The second kappa shape index (κ2) is 8.95. The first-order valence-electron chi connectivity index (χ1n) is 9.00. The van der Waals surface area contributed by atoms with E-state index in [1.54, 1.807) is 0 Å². The third kappa shape index (κ3) is 5.02. The van der Waals surface area contributed by atoms with E-state index >= 15 is 0 Å². The number of rotatable bonds is 6. The number of carbonyl (C=O) groups is 1.